The number of likely N-dealkylation sites (tertiary alicyclic amines) is 1. The molecule has 144 valence electrons. The quantitative estimate of drug-likeness (QED) is 0.710. The van der Waals surface area contributed by atoms with Crippen molar-refractivity contribution in [1.82, 2.24) is 9.80 Å². The van der Waals surface area contributed by atoms with Crippen molar-refractivity contribution in [2.24, 2.45) is 0 Å². The van der Waals surface area contributed by atoms with Gasteiger partial charge in [-0.25, -0.2) is 0 Å². The predicted molar refractivity (Wildman–Crippen MR) is 107 cm³/mol. The maximum atomic E-state index is 13.4. The number of fused-ring (bicyclic) bond motifs is 2. The molecule has 2 amide bonds. The van der Waals surface area contributed by atoms with Crippen LogP contribution < -0.4 is 0 Å². The Balaban J connectivity index is 0.00000243. The number of hydrogen-bond acceptors (Lipinski definition) is 3. The highest BCUT2D eigenvalue weighted by Crippen LogP contribution is 2.45. The number of halogens is 1. The maximum absolute atomic E-state index is 13.4. The first-order valence-corrected chi connectivity index (χ1v) is 9.74. The van der Waals surface area contributed by atoms with Crippen LogP contribution in [0.1, 0.15) is 57.6 Å². The summed E-state index contributed by atoms with van der Waals surface area (Å²) in [6.07, 6.45) is 4.08. The molecule has 0 radical (unpaired) electrons. The van der Waals surface area contributed by atoms with Gasteiger partial charge in [-0.2, -0.15) is 0 Å². The van der Waals surface area contributed by atoms with Gasteiger partial charge in [-0.05, 0) is 49.9 Å². The molecule has 1 aromatic rings. The molecule has 0 aromatic heterocycles. The van der Waals surface area contributed by atoms with Crippen molar-refractivity contribution in [3.05, 3.63) is 35.4 Å². The molecular formula is C21H31ClN2O2. The summed E-state index contributed by atoms with van der Waals surface area (Å²) < 4.78 is 0. The fourth-order valence-electron chi connectivity index (χ4n) is 4.77. The molecule has 1 aliphatic carbocycles. The van der Waals surface area contributed by atoms with Crippen LogP contribution in [0.15, 0.2) is 24.3 Å². The number of likely N-dealkylation sites (N-methyl/N-ethyl adjacent to an activating group) is 1. The monoisotopic (exact) mass is 378 g/mol. The number of rotatable bonds is 6. The number of amides is 2. The van der Waals surface area contributed by atoms with Gasteiger partial charge < -0.3 is 0 Å². The molecule has 0 N–H and O–H groups in total. The SMILES string of the molecule is CCC(CN1C(=O)CC2(CCCc3ccccc32)C1=O)N(CC)CC.Cl. The van der Waals surface area contributed by atoms with Gasteiger partial charge in [0, 0.05) is 19.0 Å². The van der Waals surface area contributed by atoms with E-state index >= 15 is 0 Å². The second-order valence-corrected chi connectivity index (χ2v) is 7.36. The van der Waals surface area contributed by atoms with Crippen molar-refractivity contribution >= 4 is 24.2 Å². The lowest BCUT2D eigenvalue weighted by Gasteiger charge is -2.35. The molecule has 4 nitrogen and oxygen atoms in total. The normalized spacial score (nSPS) is 23.3. The van der Waals surface area contributed by atoms with E-state index in [9.17, 15) is 9.59 Å². The number of nitrogens with zero attached hydrogens (tertiary/aromatic N) is 2. The van der Waals surface area contributed by atoms with E-state index in [1.54, 1.807) is 4.90 Å². The molecule has 2 unspecified atom stereocenters. The van der Waals surface area contributed by atoms with Crippen LogP contribution in [0, 0.1) is 0 Å². The van der Waals surface area contributed by atoms with Crippen LogP contribution >= 0.6 is 12.4 Å². The van der Waals surface area contributed by atoms with Gasteiger partial charge in [0.1, 0.15) is 0 Å². The third kappa shape index (κ3) is 3.41. The smallest absolute Gasteiger partial charge is 0.240 e. The van der Waals surface area contributed by atoms with Crippen LogP contribution in [0.3, 0.4) is 0 Å². The van der Waals surface area contributed by atoms with Crippen LogP contribution in [0.2, 0.25) is 0 Å². The zero-order chi connectivity index (χ0) is 18.0. The van der Waals surface area contributed by atoms with E-state index in [1.807, 2.05) is 12.1 Å². The van der Waals surface area contributed by atoms with Gasteiger partial charge in [0.05, 0.1) is 5.41 Å². The molecule has 1 aliphatic heterocycles. The van der Waals surface area contributed by atoms with E-state index < -0.39 is 5.41 Å². The van der Waals surface area contributed by atoms with Crippen LogP contribution in [0.5, 0.6) is 0 Å². The Bertz CT molecular complexity index is 659. The lowest BCUT2D eigenvalue weighted by Crippen LogP contribution is -2.48. The van der Waals surface area contributed by atoms with E-state index in [4.69, 9.17) is 0 Å². The largest absolute Gasteiger partial charge is 0.299 e. The fraction of sp³-hybridized carbons (Fsp3) is 0.619. The Kier molecular flexibility index (Phi) is 6.86. The molecule has 0 saturated carbocycles. The summed E-state index contributed by atoms with van der Waals surface area (Å²) in [4.78, 5) is 30.1. The number of carbonyl (C=O) groups is 2. The molecule has 26 heavy (non-hydrogen) atoms. The molecule has 1 saturated heterocycles. The minimum absolute atomic E-state index is 0. The molecule has 1 fully saturated rings. The first-order valence-electron chi connectivity index (χ1n) is 9.74. The van der Waals surface area contributed by atoms with E-state index in [2.05, 4.69) is 37.8 Å². The van der Waals surface area contributed by atoms with Crippen molar-refractivity contribution in [3.8, 4) is 0 Å². The van der Waals surface area contributed by atoms with Gasteiger partial charge >= 0.3 is 0 Å². The fourth-order valence-corrected chi connectivity index (χ4v) is 4.77. The minimum atomic E-state index is -0.604. The van der Waals surface area contributed by atoms with Gasteiger partial charge in [0.15, 0.2) is 0 Å². The van der Waals surface area contributed by atoms with Crippen molar-refractivity contribution in [2.75, 3.05) is 19.6 Å². The Hall–Kier alpha value is -1.39. The molecular weight excluding hydrogens is 348 g/mol. The Morgan fingerprint density at radius 2 is 1.85 bits per heavy atom. The summed E-state index contributed by atoms with van der Waals surface area (Å²) >= 11 is 0. The summed E-state index contributed by atoms with van der Waals surface area (Å²) in [5.41, 5.74) is 1.73. The number of aryl methyl sites for hydroxylation is 1. The number of hydrogen-bond donors (Lipinski definition) is 0. The molecule has 2 atom stereocenters. The highest BCUT2D eigenvalue weighted by molar-refractivity contribution is 6.09. The van der Waals surface area contributed by atoms with E-state index in [1.165, 1.54) is 5.56 Å². The van der Waals surface area contributed by atoms with Crippen LogP contribution in [-0.4, -0.2) is 47.3 Å². The predicted octanol–water partition coefficient (Wildman–Crippen LogP) is 3.56. The first kappa shape index (κ1) is 20.9. The van der Waals surface area contributed by atoms with Crippen molar-refractivity contribution < 1.29 is 9.59 Å². The van der Waals surface area contributed by atoms with Crippen molar-refractivity contribution in [2.45, 2.75) is 64.3 Å². The molecule has 2 aliphatic rings. The maximum Gasteiger partial charge on any atom is 0.240 e. The van der Waals surface area contributed by atoms with Gasteiger partial charge in [0.2, 0.25) is 11.8 Å². The third-order valence-corrected chi connectivity index (χ3v) is 6.18. The van der Waals surface area contributed by atoms with Crippen molar-refractivity contribution in [3.63, 3.8) is 0 Å². The summed E-state index contributed by atoms with van der Waals surface area (Å²) in [5.74, 6) is 0.0440. The van der Waals surface area contributed by atoms with Gasteiger partial charge in [-0.15, -0.1) is 12.4 Å². The van der Waals surface area contributed by atoms with E-state index in [0.717, 1.165) is 44.3 Å². The zero-order valence-corrected chi connectivity index (χ0v) is 17.0. The summed E-state index contributed by atoms with van der Waals surface area (Å²) in [7, 11) is 0. The van der Waals surface area contributed by atoms with Crippen LogP contribution in [-0.2, 0) is 21.4 Å². The molecule has 1 spiro atoms. The van der Waals surface area contributed by atoms with Crippen LogP contribution in [0.25, 0.3) is 0 Å². The first-order chi connectivity index (χ1) is 12.1. The topological polar surface area (TPSA) is 40.6 Å². The zero-order valence-electron chi connectivity index (χ0n) is 16.2. The summed E-state index contributed by atoms with van der Waals surface area (Å²) in [5, 5.41) is 0. The van der Waals surface area contributed by atoms with E-state index in [0.29, 0.717) is 13.0 Å². The molecule has 0 bridgehead atoms. The summed E-state index contributed by atoms with van der Waals surface area (Å²) in [6.45, 7) is 8.83. The third-order valence-electron chi connectivity index (χ3n) is 6.18. The van der Waals surface area contributed by atoms with Gasteiger partial charge in [-0.3, -0.25) is 19.4 Å². The lowest BCUT2D eigenvalue weighted by atomic mass is 9.69. The second kappa shape index (κ2) is 8.53. The second-order valence-electron chi connectivity index (χ2n) is 7.36. The van der Waals surface area contributed by atoms with Crippen molar-refractivity contribution in [1.29, 1.82) is 0 Å². The van der Waals surface area contributed by atoms with E-state index in [-0.39, 0.29) is 30.3 Å². The number of carbonyl (C=O) groups excluding carboxylic acids is 2. The highest BCUT2D eigenvalue weighted by atomic mass is 35.5. The molecule has 1 aromatic carbocycles. The number of imide groups is 1. The highest BCUT2D eigenvalue weighted by Gasteiger charge is 2.54. The average molecular weight is 379 g/mol. The standard InChI is InChI=1S/C21H30N2O2.ClH/c1-4-17(22(5-2)6-3)15-23-19(24)14-21(20(23)25)13-9-11-16-10-7-8-12-18(16)21;/h7-8,10,12,17H,4-6,9,11,13-15H2,1-3H3;1H. The minimum Gasteiger partial charge on any atom is -0.299 e. The number of benzene rings is 1. The Morgan fingerprint density at radius 1 is 1.15 bits per heavy atom. The summed E-state index contributed by atoms with van der Waals surface area (Å²) in [6, 6.07) is 8.45. The van der Waals surface area contributed by atoms with Gasteiger partial charge in [0.25, 0.3) is 0 Å². The Labute approximate surface area is 163 Å². The molecule has 1 heterocycles. The molecule has 3 rings (SSSR count). The average Bonchev–Trinajstić information content (AvgIpc) is 2.86. The van der Waals surface area contributed by atoms with Crippen LogP contribution in [0.4, 0.5) is 0 Å². The molecule has 5 heteroatoms. The Morgan fingerprint density at radius 3 is 2.50 bits per heavy atom. The van der Waals surface area contributed by atoms with Gasteiger partial charge in [-0.1, -0.05) is 45.0 Å². The lowest BCUT2D eigenvalue weighted by molar-refractivity contribution is -0.141.